The maximum atomic E-state index is 5.65. The predicted octanol–water partition coefficient (Wildman–Crippen LogP) is 2.53. The zero-order valence-electron chi connectivity index (χ0n) is 9.14. The average Bonchev–Trinajstić information content (AvgIpc) is 2.30. The van der Waals surface area contributed by atoms with Crippen molar-refractivity contribution in [2.75, 3.05) is 6.54 Å². The molecule has 5 heteroatoms. The van der Waals surface area contributed by atoms with Crippen molar-refractivity contribution in [2.45, 2.75) is 6.42 Å². The normalized spacial score (nSPS) is 10.2. The van der Waals surface area contributed by atoms with E-state index < -0.39 is 0 Å². The Morgan fingerprint density at radius 1 is 1.06 bits per heavy atom. The van der Waals surface area contributed by atoms with E-state index in [4.69, 9.17) is 10.5 Å². The van der Waals surface area contributed by atoms with Crippen LogP contribution in [0, 0.1) is 0 Å². The Morgan fingerprint density at radius 3 is 2.47 bits per heavy atom. The van der Waals surface area contributed by atoms with Crippen molar-refractivity contribution in [1.29, 1.82) is 0 Å². The third kappa shape index (κ3) is 3.51. The third-order valence-corrected chi connectivity index (χ3v) is 2.55. The average molecular weight is 294 g/mol. The summed E-state index contributed by atoms with van der Waals surface area (Å²) in [6.45, 7) is 0.601. The topological polar surface area (TPSA) is 61.0 Å². The van der Waals surface area contributed by atoms with E-state index in [1.165, 1.54) is 0 Å². The molecule has 0 saturated heterocycles. The van der Waals surface area contributed by atoms with Crippen molar-refractivity contribution in [2.24, 2.45) is 5.73 Å². The van der Waals surface area contributed by atoms with Crippen molar-refractivity contribution in [3.8, 4) is 11.5 Å². The Bertz CT molecular complexity index is 505. The lowest BCUT2D eigenvalue weighted by Gasteiger charge is -2.06. The number of pyridine rings is 2. The molecule has 4 nitrogen and oxygen atoms in total. The smallest absolute Gasteiger partial charge is 0.146 e. The monoisotopic (exact) mass is 293 g/mol. The van der Waals surface area contributed by atoms with Crippen LogP contribution in [0.3, 0.4) is 0 Å². The minimum atomic E-state index is 0.601. The summed E-state index contributed by atoms with van der Waals surface area (Å²) >= 11 is 3.34. The van der Waals surface area contributed by atoms with Gasteiger partial charge in [0.2, 0.25) is 0 Å². The molecule has 2 N–H and O–H groups in total. The van der Waals surface area contributed by atoms with Crippen LogP contribution in [0.15, 0.2) is 41.4 Å². The van der Waals surface area contributed by atoms with Gasteiger partial charge in [0.05, 0.1) is 12.4 Å². The maximum absolute atomic E-state index is 5.65. The van der Waals surface area contributed by atoms with Gasteiger partial charge in [-0.25, -0.2) is 0 Å². The molecule has 0 bridgehead atoms. The molecule has 0 aromatic carbocycles. The summed E-state index contributed by atoms with van der Waals surface area (Å²) in [5.41, 5.74) is 6.56. The van der Waals surface area contributed by atoms with Gasteiger partial charge >= 0.3 is 0 Å². The highest BCUT2D eigenvalue weighted by Crippen LogP contribution is 2.23. The van der Waals surface area contributed by atoms with Crippen LogP contribution in [-0.2, 0) is 6.42 Å². The van der Waals surface area contributed by atoms with Crippen LogP contribution in [0.1, 0.15) is 5.56 Å². The van der Waals surface area contributed by atoms with Crippen molar-refractivity contribution in [3.63, 3.8) is 0 Å². The summed E-state index contributed by atoms with van der Waals surface area (Å²) in [4.78, 5) is 8.14. The lowest BCUT2D eigenvalue weighted by molar-refractivity contribution is 0.476. The highest BCUT2D eigenvalue weighted by molar-refractivity contribution is 9.10. The standard InChI is InChI=1S/C12H12BrN3O/c13-10-4-12(8-16-6-10)17-11-3-9(1-2-14)5-15-7-11/h3-8H,1-2,14H2. The number of aromatic nitrogens is 2. The van der Waals surface area contributed by atoms with Crippen molar-refractivity contribution in [3.05, 3.63) is 47.0 Å². The van der Waals surface area contributed by atoms with Gasteiger partial charge in [0, 0.05) is 16.9 Å². The fourth-order valence-corrected chi connectivity index (χ4v) is 1.75. The molecule has 2 aromatic heterocycles. The number of rotatable bonds is 4. The van der Waals surface area contributed by atoms with Gasteiger partial charge in [-0.2, -0.15) is 0 Å². The Kier molecular flexibility index (Phi) is 4.06. The second kappa shape index (κ2) is 5.75. The van der Waals surface area contributed by atoms with Crippen LogP contribution in [0.25, 0.3) is 0 Å². The van der Waals surface area contributed by atoms with E-state index in [9.17, 15) is 0 Å². The Morgan fingerprint density at radius 2 is 1.76 bits per heavy atom. The van der Waals surface area contributed by atoms with E-state index in [-0.39, 0.29) is 0 Å². The SMILES string of the molecule is NCCc1cncc(Oc2cncc(Br)c2)c1. The second-order valence-electron chi connectivity index (χ2n) is 3.51. The van der Waals surface area contributed by atoms with Gasteiger partial charge in [-0.3, -0.25) is 9.97 Å². The number of halogens is 1. The van der Waals surface area contributed by atoms with Crippen LogP contribution < -0.4 is 10.5 Å². The summed E-state index contributed by atoms with van der Waals surface area (Å²) in [6, 6.07) is 3.78. The molecule has 88 valence electrons. The first-order valence-corrected chi connectivity index (χ1v) is 5.99. The summed E-state index contributed by atoms with van der Waals surface area (Å²) in [5, 5.41) is 0. The molecular formula is C12H12BrN3O. The molecule has 0 aliphatic rings. The van der Waals surface area contributed by atoms with Crippen molar-refractivity contribution in [1.82, 2.24) is 9.97 Å². The Labute approximate surface area is 108 Å². The molecule has 2 rings (SSSR count). The first-order chi connectivity index (χ1) is 8.28. The van der Waals surface area contributed by atoms with Gasteiger partial charge in [-0.05, 0) is 46.6 Å². The minimum Gasteiger partial charge on any atom is -0.454 e. The maximum Gasteiger partial charge on any atom is 0.146 e. The fourth-order valence-electron chi connectivity index (χ4n) is 1.41. The second-order valence-corrected chi connectivity index (χ2v) is 4.42. The van der Waals surface area contributed by atoms with Crippen LogP contribution in [0.5, 0.6) is 11.5 Å². The van der Waals surface area contributed by atoms with Crippen LogP contribution >= 0.6 is 15.9 Å². The highest BCUT2D eigenvalue weighted by atomic mass is 79.9. The molecule has 0 unspecified atom stereocenters. The molecule has 0 spiro atoms. The van der Waals surface area contributed by atoms with Crippen molar-refractivity contribution < 1.29 is 4.74 Å². The van der Waals surface area contributed by atoms with Crippen LogP contribution in [0.2, 0.25) is 0 Å². The van der Waals surface area contributed by atoms with E-state index in [1.54, 1.807) is 24.8 Å². The van der Waals surface area contributed by atoms with E-state index in [1.807, 2.05) is 12.1 Å². The van der Waals surface area contributed by atoms with Gasteiger partial charge in [0.25, 0.3) is 0 Å². The summed E-state index contributed by atoms with van der Waals surface area (Å²) in [6.07, 6.45) is 7.61. The Balaban J connectivity index is 2.15. The summed E-state index contributed by atoms with van der Waals surface area (Å²) < 4.78 is 6.53. The van der Waals surface area contributed by atoms with Gasteiger partial charge < -0.3 is 10.5 Å². The molecule has 0 amide bonds. The quantitative estimate of drug-likeness (QED) is 0.941. The molecular weight excluding hydrogens is 282 g/mol. The summed E-state index contributed by atoms with van der Waals surface area (Å²) in [5.74, 6) is 1.36. The lowest BCUT2D eigenvalue weighted by Crippen LogP contribution is -2.03. The van der Waals surface area contributed by atoms with E-state index in [2.05, 4.69) is 25.9 Å². The first kappa shape index (κ1) is 12.0. The molecule has 0 aliphatic heterocycles. The number of nitrogens with two attached hydrogens (primary N) is 1. The Hall–Kier alpha value is -1.46. The van der Waals surface area contributed by atoms with Gasteiger partial charge in [0.15, 0.2) is 0 Å². The number of nitrogens with zero attached hydrogens (tertiary/aromatic N) is 2. The van der Waals surface area contributed by atoms with E-state index >= 15 is 0 Å². The fraction of sp³-hybridized carbons (Fsp3) is 0.167. The molecule has 0 aliphatic carbocycles. The lowest BCUT2D eigenvalue weighted by atomic mass is 10.2. The first-order valence-electron chi connectivity index (χ1n) is 5.20. The van der Waals surface area contributed by atoms with Crippen molar-refractivity contribution >= 4 is 15.9 Å². The largest absolute Gasteiger partial charge is 0.454 e. The van der Waals surface area contributed by atoms with E-state index in [0.29, 0.717) is 18.0 Å². The van der Waals surface area contributed by atoms with Gasteiger partial charge in [-0.1, -0.05) is 0 Å². The van der Waals surface area contributed by atoms with Gasteiger partial charge in [0.1, 0.15) is 11.5 Å². The highest BCUT2D eigenvalue weighted by Gasteiger charge is 2.00. The molecule has 2 aromatic rings. The number of hydrogen-bond acceptors (Lipinski definition) is 4. The predicted molar refractivity (Wildman–Crippen MR) is 69.0 cm³/mol. The van der Waals surface area contributed by atoms with Gasteiger partial charge in [-0.15, -0.1) is 0 Å². The van der Waals surface area contributed by atoms with Crippen LogP contribution in [-0.4, -0.2) is 16.5 Å². The molecule has 17 heavy (non-hydrogen) atoms. The molecule has 2 heterocycles. The molecule has 0 atom stereocenters. The number of hydrogen-bond donors (Lipinski definition) is 1. The molecule has 0 radical (unpaired) electrons. The zero-order valence-corrected chi connectivity index (χ0v) is 10.7. The molecule has 0 fully saturated rings. The van der Waals surface area contributed by atoms with Crippen LogP contribution in [0.4, 0.5) is 0 Å². The summed E-state index contributed by atoms with van der Waals surface area (Å²) in [7, 11) is 0. The number of ether oxygens (including phenoxy) is 1. The molecule has 0 saturated carbocycles. The zero-order chi connectivity index (χ0) is 12.1. The van der Waals surface area contributed by atoms with E-state index in [0.717, 1.165) is 16.5 Å². The third-order valence-electron chi connectivity index (χ3n) is 2.12. The minimum absolute atomic E-state index is 0.601.